The summed E-state index contributed by atoms with van der Waals surface area (Å²) in [4.78, 5) is 5.49. The fourth-order valence-electron chi connectivity index (χ4n) is 8.66. The Bertz CT molecular complexity index is 3220. The van der Waals surface area contributed by atoms with Gasteiger partial charge in [0.15, 0.2) is 0 Å². The van der Waals surface area contributed by atoms with Gasteiger partial charge in [-0.25, -0.2) is 4.98 Å². The SMILES string of the molecule is c1ccc(-c2ccc(-c3cc(-c4ccccc4)cc(-c4cc5c6ccccc6c6c(c7ccccc7n6-c6ccccc6)c5c5ccccc45)n3)cc2)cc1. The van der Waals surface area contributed by atoms with E-state index in [9.17, 15) is 0 Å². The maximum Gasteiger partial charge on any atom is 0.0722 e. The fourth-order valence-corrected chi connectivity index (χ4v) is 8.66. The smallest absolute Gasteiger partial charge is 0.0722 e. The van der Waals surface area contributed by atoms with Gasteiger partial charge in [0.2, 0.25) is 0 Å². The van der Waals surface area contributed by atoms with Crippen LogP contribution in [0.25, 0.3) is 105 Å². The van der Waals surface area contributed by atoms with E-state index < -0.39 is 0 Å². The van der Waals surface area contributed by atoms with Crippen LogP contribution in [-0.4, -0.2) is 9.55 Å². The first-order chi connectivity index (χ1) is 27.3. The molecule has 0 aliphatic rings. The molecular weight excluding hydrogens is 665 g/mol. The Morgan fingerprint density at radius 3 is 1.53 bits per heavy atom. The Kier molecular flexibility index (Phi) is 7.21. The predicted molar refractivity (Wildman–Crippen MR) is 233 cm³/mol. The van der Waals surface area contributed by atoms with E-state index in [1.165, 1.54) is 70.8 Å². The number of hydrogen-bond donors (Lipinski definition) is 0. The van der Waals surface area contributed by atoms with Gasteiger partial charge in [-0.15, -0.1) is 0 Å². The molecule has 0 saturated carbocycles. The van der Waals surface area contributed by atoms with Gasteiger partial charge in [-0.3, -0.25) is 0 Å². The van der Waals surface area contributed by atoms with Crippen molar-refractivity contribution in [1.82, 2.24) is 9.55 Å². The zero-order valence-electron chi connectivity index (χ0n) is 30.0. The number of pyridine rings is 1. The number of nitrogens with zero attached hydrogens (tertiary/aromatic N) is 2. The van der Waals surface area contributed by atoms with Crippen molar-refractivity contribution in [3.8, 4) is 50.5 Å². The van der Waals surface area contributed by atoms with Gasteiger partial charge in [0.25, 0.3) is 0 Å². The lowest BCUT2D eigenvalue weighted by atomic mass is 9.89. The molecule has 0 saturated heterocycles. The normalized spacial score (nSPS) is 11.6. The average Bonchev–Trinajstić information content (AvgIpc) is 3.62. The molecule has 0 bridgehead atoms. The molecule has 11 aromatic rings. The molecule has 0 fully saturated rings. The van der Waals surface area contributed by atoms with Gasteiger partial charge in [0.1, 0.15) is 0 Å². The Morgan fingerprint density at radius 2 is 0.818 bits per heavy atom. The second-order valence-corrected chi connectivity index (χ2v) is 14.3. The standard InChI is InChI=1S/C53H34N2/c1-4-16-35(17-5-1)37-28-30-38(31-29-37)48-32-39(36-18-6-2-7-19-36)33-49(54-48)46-34-47-42-23-11-13-25-44(42)53-52(51(47)43-24-12-10-22-41(43)46)45-26-14-15-27-50(45)55(53)40-20-8-3-9-21-40/h1-34H. The predicted octanol–water partition coefficient (Wildman–Crippen LogP) is 14.3. The molecule has 0 radical (unpaired) electrons. The van der Waals surface area contributed by atoms with Gasteiger partial charge < -0.3 is 4.57 Å². The second kappa shape index (κ2) is 12.7. The molecule has 0 spiro atoms. The quantitative estimate of drug-likeness (QED) is 0.164. The zero-order valence-corrected chi connectivity index (χ0v) is 30.0. The average molecular weight is 699 g/mol. The molecule has 2 nitrogen and oxygen atoms in total. The second-order valence-electron chi connectivity index (χ2n) is 14.3. The van der Waals surface area contributed by atoms with Crippen LogP contribution in [0.5, 0.6) is 0 Å². The van der Waals surface area contributed by atoms with E-state index in [2.05, 4.69) is 211 Å². The van der Waals surface area contributed by atoms with E-state index in [1.807, 2.05) is 0 Å². The molecule has 2 heteroatoms. The molecule has 0 amide bonds. The van der Waals surface area contributed by atoms with Gasteiger partial charge in [0.05, 0.1) is 22.4 Å². The summed E-state index contributed by atoms with van der Waals surface area (Å²) in [6, 6.07) is 74.4. The van der Waals surface area contributed by atoms with E-state index in [4.69, 9.17) is 4.98 Å². The first-order valence-corrected chi connectivity index (χ1v) is 18.9. The molecule has 0 atom stereocenters. The van der Waals surface area contributed by atoms with Crippen LogP contribution >= 0.6 is 0 Å². The topological polar surface area (TPSA) is 17.8 Å². The summed E-state index contributed by atoms with van der Waals surface area (Å²) in [6.07, 6.45) is 0. The summed E-state index contributed by atoms with van der Waals surface area (Å²) >= 11 is 0. The maximum atomic E-state index is 5.49. The highest BCUT2D eigenvalue weighted by atomic mass is 15.0. The van der Waals surface area contributed by atoms with E-state index in [0.29, 0.717) is 0 Å². The van der Waals surface area contributed by atoms with Crippen molar-refractivity contribution >= 4 is 54.1 Å². The number of aromatic nitrogens is 2. The summed E-state index contributed by atoms with van der Waals surface area (Å²) in [7, 11) is 0. The minimum Gasteiger partial charge on any atom is -0.309 e. The Morgan fingerprint density at radius 1 is 0.309 bits per heavy atom. The molecule has 256 valence electrons. The number of benzene rings is 9. The molecule has 0 unspecified atom stereocenters. The highest BCUT2D eigenvalue weighted by molar-refractivity contribution is 6.38. The third kappa shape index (κ3) is 5.07. The minimum absolute atomic E-state index is 0.950. The lowest BCUT2D eigenvalue weighted by molar-refractivity contribution is 1.19. The monoisotopic (exact) mass is 698 g/mol. The Hall–Kier alpha value is -7.29. The third-order valence-corrected chi connectivity index (χ3v) is 11.2. The molecule has 2 aromatic heterocycles. The molecule has 55 heavy (non-hydrogen) atoms. The number of para-hydroxylation sites is 2. The van der Waals surface area contributed by atoms with Crippen LogP contribution in [0, 0.1) is 0 Å². The van der Waals surface area contributed by atoms with Crippen molar-refractivity contribution in [2.75, 3.05) is 0 Å². The zero-order chi connectivity index (χ0) is 36.3. The van der Waals surface area contributed by atoms with Gasteiger partial charge in [-0.2, -0.15) is 0 Å². The highest BCUT2D eigenvalue weighted by Crippen LogP contribution is 2.47. The van der Waals surface area contributed by atoms with Crippen LogP contribution < -0.4 is 0 Å². The molecule has 11 rings (SSSR count). The highest BCUT2D eigenvalue weighted by Gasteiger charge is 2.22. The van der Waals surface area contributed by atoms with E-state index in [0.717, 1.165) is 33.8 Å². The van der Waals surface area contributed by atoms with Crippen LogP contribution in [0.15, 0.2) is 206 Å². The fraction of sp³-hybridized carbons (Fsp3) is 0. The van der Waals surface area contributed by atoms with Crippen LogP contribution in [0.4, 0.5) is 0 Å². The molecular formula is C53H34N2. The van der Waals surface area contributed by atoms with Crippen molar-refractivity contribution in [2.24, 2.45) is 0 Å². The molecule has 9 aromatic carbocycles. The van der Waals surface area contributed by atoms with Gasteiger partial charge in [-0.05, 0) is 80.2 Å². The van der Waals surface area contributed by atoms with Crippen molar-refractivity contribution in [3.05, 3.63) is 206 Å². The number of hydrogen-bond acceptors (Lipinski definition) is 1. The Labute approximate surface area is 319 Å². The maximum absolute atomic E-state index is 5.49. The molecule has 0 aliphatic heterocycles. The summed E-state index contributed by atoms with van der Waals surface area (Å²) in [5.41, 5.74) is 12.4. The summed E-state index contributed by atoms with van der Waals surface area (Å²) < 4.78 is 2.45. The van der Waals surface area contributed by atoms with E-state index in [-0.39, 0.29) is 0 Å². The minimum atomic E-state index is 0.950. The summed E-state index contributed by atoms with van der Waals surface area (Å²) in [5, 5.41) is 9.91. The van der Waals surface area contributed by atoms with Crippen molar-refractivity contribution < 1.29 is 0 Å². The van der Waals surface area contributed by atoms with Crippen molar-refractivity contribution in [1.29, 1.82) is 0 Å². The largest absolute Gasteiger partial charge is 0.309 e. The van der Waals surface area contributed by atoms with Crippen molar-refractivity contribution in [2.45, 2.75) is 0 Å². The van der Waals surface area contributed by atoms with Gasteiger partial charge >= 0.3 is 0 Å². The Balaban J connectivity index is 1.23. The van der Waals surface area contributed by atoms with Crippen LogP contribution in [0.1, 0.15) is 0 Å². The number of fused-ring (bicyclic) bond motifs is 10. The van der Waals surface area contributed by atoms with Gasteiger partial charge in [0, 0.05) is 38.4 Å². The first kappa shape index (κ1) is 31.3. The first-order valence-electron chi connectivity index (χ1n) is 18.9. The van der Waals surface area contributed by atoms with E-state index in [1.54, 1.807) is 0 Å². The molecule has 0 aliphatic carbocycles. The van der Waals surface area contributed by atoms with E-state index >= 15 is 0 Å². The van der Waals surface area contributed by atoms with Gasteiger partial charge in [-0.1, -0.05) is 170 Å². The molecule has 0 N–H and O–H groups in total. The lowest BCUT2D eigenvalue weighted by Crippen LogP contribution is -1.95. The summed E-state index contributed by atoms with van der Waals surface area (Å²) in [5.74, 6) is 0. The molecule has 2 heterocycles. The summed E-state index contributed by atoms with van der Waals surface area (Å²) in [6.45, 7) is 0. The number of rotatable bonds is 5. The van der Waals surface area contributed by atoms with Crippen LogP contribution in [0.3, 0.4) is 0 Å². The van der Waals surface area contributed by atoms with Crippen LogP contribution in [-0.2, 0) is 0 Å². The lowest BCUT2D eigenvalue weighted by Gasteiger charge is -2.17. The van der Waals surface area contributed by atoms with Crippen molar-refractivity contribution in [3.63, 3.8) is 0 Å². The van der Waals surface area contributed by atoms with Crippen LogP contribution in [0.2, 0.25) is 0 Å². The third-order valence-electron chi connectivity index (χ3n) is 11.2.